The highest BCUT2D eigenvalue weighted by Gasteiger charge is 2.05. The molecule has 0 radical (unpaired) electrons. The summed E-state index contributed by atoms with van der Waals surface area (Å²) in [5, 5.41) is 0. The van der Waals surface area contributed by atoms with E-state index in [4.69, 9.17) is 4.42 Å². The highest BCUT2D eigenvalue weighted by atomic mass is 79.9. The third-order valence-electron chi connectivity index (χ3n) is 1.83. The molecule has 3 heteroatoms. The molecule has 2 rings (SSSR count). The van der Waals surface area contributed by atoms with E-state index >= 15 is 0 Å². The van der Waals surface area contributed by atoms with Crippen molar-refractivity contribution in [3.8, 4) is 11.3 Å². The average molecular weight is 238 g/mol. The van der Waals surface area contributed by atoms with Crippen molar-refractivity contribution in [2.24, 2.45) is 0 Å². The van der Waals surface area contributed by atoms with Gasteiger partial charge in [-0.1, -0.05) is 28.1 Å². The van der Waals surface area contributed by atoms with Crippen LogP contribution in [0.4, 0.5) is 0 Å². The van der Waals surface area contributed by atoms with E-state index in [1.807, 2.05) is 31.2 Å². The minimum absolute atomic E-state index is 0.835. The van der Waals surface area contributed by atoms with E-state index in [0.29, 0.717) is 0 Å². The first-order chi connectivity index (χ1) is 6.27. The molecule has 1 heterocycles. The van der Waals surface area contributed by atoms with Crippen molar-refractivity contribution < 1.29 is 4.42 Å². The molecular formula is C10H8BrNO. The summed E-state index contributed by atoms with van der Waals surface area (Å²) in [5.41, 5.74) is 1.96. The molecule has 0 saturated heterocycles. The monoisotopic (exact) mass is 237 g/mol. The maximum Gasteiger partial charge on any atom is 0.181 e. The number of oxazole rings is 1. The van der Waals surface area contributed by atoms with Crippen molar-refractivity contribution in [2.45, 2.75) is 6.92 Å². The first-order valence-electron chi connectivity index (χ1n) is 3.93. The zero-order chi connectivity index (χ0) is 9.26. The molecule has 13 heavy (non-hydrogen) atoms. The molecular weight excluding hydrogens is 230 g/mol. The number of aryl methyl sites for hydroxylation is 1. The number of benzene rings is 1. The summed E-state index contributed by atoms with van der Waals surface area (Å²) in [7, 11) is 0. The molecule has 2 nitrogen and oxygen atoms in total. The normalized spacial score (nSPS) is 10.3. The van der Waals surface area contributed by atoms with Gasteiger partial charge in [0.1, 0.15) is 0 Å². The van der Waals surface area contributed by atoms with Crippen LogP contribution in [0, 0.1) is 6.92 Å². The Morgan fingerprint density at radius 3 is 2.85 bits per heavy atom. The lowest BCUT2D eigenvalue weighted by molar-refractivity contribution is 0.571. The number of aromatic nitrogens is 1. The second-order valence-corrected chi connectivity index (χ2v) is 3.69. The highest BCUT2D eigenvalue weighted by Crippen LogP contribution is 2.24. The minimum atomic E-state index is 0.835. The second kappa shape index (κ2) is 3.34. The maximum absolute atomic E-state index is 5.27. The fourth-order valence-electron chi connectivity index (χ4n) is 1.21. The van der Waals surface area contributed by atoms with E-state index in [1.54, 1.807) is 0 Å². The molecule has 0 atom stereocenters. The first-order valence-corrected chi connectivity index (χ1v) is 4.72. The Morgan fingerprint density at radius 2 is 2.23 bits per heavy atom. The first kappa shape index (κ1) is 8.51. The Labute approximate surface area is 84.7 Å². The van der Waals surface area contributed by atoms with Gasteiger partial charge >= 0.3 is 0 Å². The minimum Gasteiger partial charge on any atom is -0.443 e. The molecule has 0 spiro atoms. The van der Waals surface area contributed by atoms with Crippen molar-refractivity contribution in [1.29, 1.82) is 0 Å². The van der Waals surface area contributed by atoms with Crippen molar-refractivity contribution in [3.63, 3.8) is 0 Å². The Kier molecular flexibility index (Phi) is 2.19. The van der Waals surface area contributed by atoms with Crippen molar-refractivity contribution in [2.75, 3.05) is 0 Å². The van der Waals surface area contributed by atoms with Gasteiger partial charge in [-0.3, -0.25) is 0 Å². The molecule has 1 aromatic heterocycles. The largest absolute Gasteiger partial charge is 0.443 e. The van der Waals surface area contributed by atoms with Gasteiger partial charge in [0.15, 0.2) is 12.2 Å². The van der Waals surface area contributed by atoms with Gasteiger partial charge in [-0.2, -0.15) is 0 Å². The lowest BCUT2D eigenvalue weighted by Gasteiger charge is -1.97. The van der Waals surface area contributed by atoms with Gasteiger partial charge in [-0.15, -0.1) is 0 Å². The fraction of sp³-hybridized carbons (Fsp3) is 0.100. The van der Waals surface area contributed by atoms with Gasteiger partial charge in [-0.05, 0) is 19.1 Å². The summed E-state index contributed by atoms with van der Waals surface area (Å²) in [4.78, 5) is 4.04. The summed E-state index contributed by atoms with van der Waals surface area (Å²) in [5.74, 6) is 0.835. The van der Waals surface area contributed by atoms with Gasteiger partial charge in [0.25, 0.3) is 0 Å². The van der Waals surface area contributed by atoms with E-state index in [2.05, 4.69) is 20.9 Å². The Bertz CT molecular complexity index is 422. The third kappa shape index (κ3) is 1.65. The lowest BCUT2D eigenvalue weighted by Crippen LogP contribution is -1.78. The van der Waals surface area contributed by atoms with Crippen LogP contribution in [0.25, 0.3) is 11.3 Å². The Balaban J connectivity index is 2.53. The molecule has 0 aliphatic rings. The van der Waals surface area contributed by atoms with Crippen molar-refractivity contribution in [3.05, 3.63) is 40.8 Å². The predicted molar refractivity (Wildman–Crippen MR) is 54.4 cm³/mol. The van der Waals surface area contributed by atoms with Gasteiger partial charge in [0.2, 0.25) is 0 Å². The van der Waals surface area contributed by atoms with Gasteiger partial charge in [-0.25, -0.2) is 4.98 Å². The summed E-state index contributed by atoms with van der Waals surface area (Å²) in [6.07, 6.45) is 1.46. The Hall–Kier alpha value is -1.09. The topological polar surface area (TPSA) is 26.0 Å². The molecule has 0 N–H and O–H groups in total. The predicted octanol–water partition coefficient (Wildman–Crippen LogP) is 3.41. The maximum atomic E-state index is 5.27. The second-order valence-electron chi connectivity index (χ2n) is 2.78. The third-order valence-corrected chi connectivity index (χ3v) is 2.33. The molecule has 0 amide bonds. The molecule has 2 aromatic rings. The molecule has 1 aromatic carbocycles. The van der Waals surface area contributed by atoms with Crippen LogP contribution >= 0.6 is 15.9 Å². The van der Waals surface area contributed by atoms with E-state index < -0.39 is 0 Å². The number of hydrogen-bond donors (Lipinski definition) is 0. The van der Waals surface area contributed by atoms with E-state index in [9.17, 15) is 0 Å². The van der Waals surface area contributed by atoms with Gasteiger partial charge in [0.05, 0.1) is 5.69 Å². The number of hydrogen-bond acceptors (Lipinski definition) is 2. The fourth-order valence-corrected chi connectivity index (χ4v) is 1.61. The molecule has 0 saturated carbocycles. The Morgan fingerprint density at radius 1 is 1.38 bits per heavy atom. The van der Waals surface area contributed by atoms with Crippen LogP contribution in [0.1, 0.15) is 5.69 Å². The summed E-state index contributed by atoms with van der Waals surface area (Å²) >= 11 is 3.41. The summed E-state index contributed by atoms with van der Waals surface area (Å²) < 4.78 is 6.32. The number of rotatable bonds is 1. The molecule has 0 bridgehead atoms. The lowest BCUT2D eigenvalue weighted by atomic mass is 10.1. The van der Waals surface area contributed by atoms with E-state index in [1.165, 1.54) is 6.39 Å². The zero-order valence-corrected chi connectivity index (χ0v) is 8.71. The van der Waals surface area contributed by atoms with Crippen LogP contribution in [0.5, 0.6) is 0 Å². The smallest absolute Gasteiger partial charge is 0.181 e. The van der Waals surface area contributed by atoms with Crippen LogP contribution in [-0.4, -0.2) is 4.98 Å². The molecule has 0 aliphatic carbocycles. The SMILES string of the molecule is Cc1ncoc1-c1cccc(Br)c1. The summed E-state index contributed by atoms with van der Waals surface area (Å²) in [6, 6.07) is 7.96. The average Bonchev–Trinajstić information content (AvgIpc) is 2.51. The van der Waals surface area contributed by atoms with Crippen LogP contribution in [0.15, 0.2) is 39.5 Å². The quantitative estimate of drug-likeness (QED) is 0.760. The molecule has 0 fully saturated rings. The number of halogens is 1. The van der Waals surface area contributed by atoms with Crippen LogP contribution in [0.2, 0.25) is 0 Å². The van der Waals surface area contributed by atoms with Crippen LogP contribution < -0.4 is 0 Å². The van der Waals surface area contributed by atoms with E-state index in [0.717, 1.165) is 21.5 Å². The summed E-state index contributed by atoms with van der Waals surface area (Å²) in [6.45, 7) is 1.93. The molecule has 66 valence electrons. The number of nitrogens with zero attached hydrogens (tertiary/aromatic N) is 1. The molecule has 0 unspecified atom stereocenters. The molecule has 0 aliphatic heterocycles. The van der Waals surface area contributed by atoms with Crippen LogP contribution in [-0.2, 0) is 0 Å². The zero-order valence-electron chi connectivity index (χ0n) is 7.12. The van der Waals surface area contributed by atoms with Gasteiger partial charge in [0, 0.05) is 10.0 Å². The van der Waals surface area contributed by atoms with Gasteiger partial charge < -0.3 is 4.42 Å². The highest BCUT2D eigenvalue weighted by molar-refractivity contribution is 9.10. The van der Waals surface area contributed by atoms with Crippen LogP contribution in [0.3, 0.4) is 0 Å². The van der Waals surface area contributed by atoms with Crippen molar-refractivity contribution >= 4 is 15.9 Å². The standard InChI is InChI=1S/C10H8BrNO/c1-7-10(13-6-12-7)8-3-2-4-9(11)5-8/h2-6H,1H3. The van der Waals surface area contributed by atoms with Crippen molar-refractivity contribution in [1.82, 2.24) is 4.98 Å². The van der Waals surface area contributed by atoms with E-state index in [-0.39, 0.29) is 0 Å².